The fourth-order valence-electron chi connectivity index (χ4n) is 3.81. The summed E-state index contributed by atoms with van der Waals surface area (Å²) in [4.78, 5) is 14.3. The molecule has 0 fully saturated rings. The first-order valence-corrected chi connectivity index (χ1v) is 9.57. The molecule has 0 unspecified atom stereocenters. The van der Waals surface area contributed by atoms with Gasteiger partial charge in [-0.25, -0.2) is 9.97 Å². The molecule has 0 N–H and O–H groups in total. The van der Waals surface area contributed by atoms with Gasteiger partial charge in [-0.15, -0.1) is 0 Å². The molecule has 4 nitrogen and oxygen atoms in total. The van der Waals surface area contributed by atoms with Crippen molar-refractivity contribution in [2.45, 2.75) is 33.0 Å². The Bertz CT molecular complexity index is 893. The topological polar surface area (TPSA) is 32.3 Å². The average molecular weight is 358 g/mol. The van der Waals surface area contributed by atoms with Crippen molar-refractivity contribution in [2.75, 3.05) is 18.5 Å². The van der Waals surface area contributed by atoms with Crippen LogP contribution in [-0.4, -0.2) is 28.5 Å². The Morgan fingerprint density at radius 3 is 2.30 bits per heavy atom. The minimum atomic E-state index is 0.852. The Morgan fingerprint density at radius 2 is 1.59 bits per heavy atom. The van der Waals surface area contributed by atoms with Crippen LogP contribution in [0.1, 0.15) is 28.2 Å². The quantitative estimate of drug-likeness (QED) is 0.691. The number of aromatic nitrogens is 2. The van der Waals surface area contributed by atoms with Gasteiger partial charge in [0.25, 0.3) is 0 Å². The van der Waals surface area contributed by atoms with E-state index < -0.39 is 0 Å². The molecule has 0 saturated carbocycles. The van der Waals surface area contributed by atoms with E-state index in [4.69, 9.17) is 9.97 Å². The van der Waals surface area contributed by atoms with Crippen LogP contribution in [0.25, 0.3) is 0 Å². The summed E-state index contributed by atoms with van der Waals surface area (Å²) in [5, 5.41) is 0. The molecule has 1 aliphatic heterocycles. The first-order valence-electron chi connectivity index (χ1n) is 9.57. The Kier molecular flexibility index (Phi) is 5.16. The summed E-state index contributed by atoms with van der Waals surface area (Å²) < 4.78 is 0. The van der Waals surface area contributed by atoms with Crippen molar-refractivity contribution in [3.63, 3.8) is 0 Å². The second kappa shape index (κ2) is 7.89. The zero-order chi connectivity index (χ0) is 18.6. The van der Waals surface area contributed by atoms with Crippen LogP contribution in [0.15, 0.2) is 60.7 Å². The third-order valence-corrected chi connectivity index (χ3v) is 5.11. The van der Waals surface area contributed by atoms with Crippen LogP contribution >= 0.6 is 0 Å². The lowest BCUT2D eigenvalue weighted by Crippen LogP contribution is -2.33. The van der Waals surface area contributed by atoms with E-state index in [9.17, 15) is 0 Å². The number of aryl methyl sites for hydroxylation is 1. The molecule has 0 aliphatic carbocycles. The van der Waals surface area contributed by atoms with Crippen LogP contribution in [0.5, 0.6) is 0 Å². The Morgan fingerprint density at radius 1 is 0.926 bits per heavy atom. The van der Waals surface area contributed by atoms with Gasteiger partial charge in [0.1, 0.15) is 11.6 Å². The highest BCUT2D eigenvalue weighted by molar-refractivity contribution is 5.50. The van der Waals surface area contributed by atoms with Gasteiger partial charge in [-0.1, -0.05) is 60.7 Å². The summed E-state index contributed by atoms with van der Waals surface area (Å²) in [6, 6.07) is 21.2. The van der Waals surface area contributed by atoms with Gasteiger partial charge in [0.2, 0.25) is 0 Å². The maximum atomic E-state index is 4.79. The van der Waals surface area contributed by atoms with Crippen LogP contribution in [0.4, 0.5) is 5.82 Å². The first kappa shape index (κ1) is 17.7. The number of hydrogen-bond donors (Lipinski definition) is 0. The maximum absolute atomic E-state index is 4.79. The highest BCUT2D eigenvalue weighted by Gasteiger charge is 2.23. The molecule has 0 saturated heterocycles. The molecule has 2 heterocycles. The summed E-state index contributed by atoms with van der Waals surface area (Å²) in [6.45, 7) is 5.76. The largest absolute Gasteiger partial charge is 0.355 e. The smallest absolute Gasteiger partial charge is 0.135 e. The zero-order valence-corrected chi connectivity index (χ0v) is 16.1. The first-order chi connectivity index (χ1) is 13.2. The molecule has 4 rings (SSSR count). The summed E-state index contributed by atoms with van der Waals surface area (Å²) in [7, 11) is 2.13. The minimum Gasteiger partial charge on any atom is -0.355 e. The highest BCUT2D eigenvalue weighted by Crippen LogP contribution is 2.27. The molecule has 0 radical (unpaired) electrons. The van der Waals surface area contributed by atoms with Gasteiger partial charge in [-0.05, 0) is 24.5 Å². The van der Waals surface area contributed by atoms with E-state index in [1.165, 1.54) is 22.4 Å². The van der Waals surface area contributed by atoms with Gasteiger partial charge in [-0.2, -0.15) is 0 Å². The lowest BCUT2D eigenvalue weighted by atomic mass is 10.0. The molecule has 3 aromatic rings. The van der Waals surface area contributed by atoms with E-state index in [2.05, 4.69) is 77.5 Å². The summed E-state index contributed by atoms with van der Waals surface area (Å²) in [5.41, 5.74) is 5.14. The number of nitrogens with zero attached hydrogens (tertiary/aromatic N) is 4. The second-order valence-electron chi connectivity index (χ2n) is 7.31. The predicted octanol–water partition coefficient (Wildman–Crippen LogP) is 3.98. The zero-order valence-electron chi connectivity index (χ0n) is 16.1. The summed E-state index contributed by atoms with van der Waals surface area (Å²) >= 11 is 0. The van der Waals surface area contributed by atoms with E-state index >= 15 is 0 Å². The predicted molar refractivity (Wildman–Crippen MR) is 110 cm³/mol. The monoisotopic (exact) mass is 358 g/mol. The fraction of sp³-hybridized carbons (Fsp3) is 0.304. The number of rotatable bonds is 5. The Labute approximate surface area is 161 Å². The molecule has 0 amide bonds. The number of hydrogen-bond acceptors (Lipinski definition) is 4. The molecule has 138 valence electrons. The Hall–Kier alpha value is -2.72. The SMILES string of the molecule is Cc1nc2c(c(N(C)Cc3ccccc3)n1)CCN(Cc1ccccc1)C2. The summed E-state index contributed by atoms with van der Waals surface area (Å²) in [5.74, 6) is 1.94. The van der Waals surface area contributed by atoms with Crippen molar-refractivity contribution < 1.29 is 0 Å². The van der Waals surface area contributed by atoms with Crippen molar-refractivity contribution in [1.82, 2.24) is 14.9 Å². The van der Waals surface area contributed by atoms with Crippen molar-refractivity contribution >= 4 is 5.82 Å². The van der Waals surface area contributed by atoms with Gasteiger partial charge >= 0.3 is 0 Å². The van der Waals surface area contributed by atoms with Gasteiger partial charge < -0.3 is 4.90 Å². The van der Waals surface area contributed by atoms with E-state index in [1.54, 1.807) is 0 Å². The van der Waals surface area contributed by atoms with Crippen molar-refractivity contribution in [1.29, 1.82) is 0 Å². The molecular weight excluding hydrogens is 332 g/mol. The number of benzene rings is 2. The van der Waals surface area contributed by atoms with E-state index in [0.717, 1.165) is 44.2 Å². The maximum Gasteiger partial charge on any atom is 0.135 e. The van der Waals surface area contributed by atoms with Crippen LogP contribution < -0.4 is 4.90 Å². The lowest BCUT2D eigenvalue weighted by molar-refractivity contribution is 0.241. The van der Waals surface area contributed by atoms with Gasteiger partial charge in [-0.3, -0.25) is 4.90 Å². The van der Waals surface area contributed by atoms with Crippen LogP contribution in [0, 0.1) is 6.92 Å². The molecular formula is C23H26N4. The van der Waals surface area contributed by atoms with Crippen molar-refractivity contribution in [3.05, 3.63) is 88.9 Å². The third kappa shape index (κ3) is 4.17. The Balaban J connectivity index is 1.54. The molecule has 2 aromatic carbocycles. The molecule has 1 aromatic heterocycles. The van der Waals surface area contributed by atoms with Crippen LogP contribution in [0.3, 0.4) is 0 Å². The minimum absolute atomic E-state index is 0.852. The molecule has 4 heteroatoms. The fourth-order valence-corrected chi connectivity index (χ4v) is 3.81. The molecule has 1 aliphatic rings. The van der Waals surface area contributed by atoms with Crippen molar-refractivity contribution in [3.8, 4) is 0 Å². The highest BCUT2D eigenvalue weighted by atomic mass is 15.2. The van der Waals surface area contributed by atoms with Gasteiger partial charge in [0.15, 0.2) is 0 Å². The van der Waals surface area contributed by atoms with Crippen LogP contribution in [-0.2, 0) is 26.1 Å². The molecule has 0 bridgehead atoms. The second-order valence-corrected chi connectivity index (χ2v) is 7.31. The number of anilines is 1. The van der Waals surface area contributed by atoms with Gasteiger partial charge in [0, 0.05) is 38.8 Å². The van der Waals surface area contributed by atoms with Gasteiger partial charge in [0.05, 0.1) is 5.69 Å². The lowest BCUT2D eigenvalue weighted by Gasteiger charge is -2.31. The van der Waals surface area contributed by atoms with E-state index in [0.29, 0.717) is 0 Å². The normalized spacial score (nSPS) is 14.0. The van der Waals surface area contributed by atoms with Crippen molar-refractivity contribution in [2.24, 2.45) is 0 Å². The molecule has 0 spiro atoms. The standard InChI is InChI=1S/C23H26N4/c1-18-24-22-17-27(16-20-11-7-4-8-12-20)14-13-21(22)23(25-18)26(2)15-19-9-5-3-6-10-19/h3-12H,13-17H2,1-2H3. The third-order valence-electron chi connectivity index (χ3n) is 5.11. The molecule has 0 atom stereocenters. The molecule has 27 heavy (non-hydrogen) atoms. The number of fused-ring (bicyclic) bond motifs is 1. The van der Waals surface area contributed by atoms with E-state index in [1.807, 2.05) is 6.92 Å². The summed E-state index contributed by atoms with van der Waals surface area (Å²) in [6.07, 6.45) is 0.997. The average Bonchev–Trinajstić information content (AvgIpc) is 2.68. The van der Waals surface area contributed by atoms with Crippen LogP contribution in [0.2, 0.25) is 0 Å². The van der Waals surface area contributed by atoms with E-state index in [-0.39, 0.29) is 0 Å².